The Hall–Kier alpha value is -3.22. The Kier molecular flexibility index (Phi) is 10.1. The van der Waals surface area contributed by atoms with Crippen LogP contribution in [0.15, 0.2) is 60.3 Å². The fraction of sp³-hybridized carbons (Fsp3) is 0.440. The number of thiocarbonyl (C=S) groups is 1. The van der Waals surface area contributed by atoms with E-state index in [2.05, 4.69) is 48.2 Å². The highest BCUT2D eigenvalue weighted by atomic mass is 32.1. The van der Waals surface area contributed by atoms with E-state index in [1.54, 1.807) is 6.20 Å². The van der Waals surface area contributed by atoms with Gasteiger partial charge in [-0.3, -0.25) is 9.97 Å². The Morgan fingerprint density at radius 3 is 2.18 bits per heavy atom. The first-order valence-electron chi connectivity index (χ1n) is 11.8. The molecular weight excluding hydrogens is 444 g/mol. The van der Waals surface area contributed by atoms with Gasteiger partial charge in [0.25, 0.3) is 0 Å². The van der Waals surface area contributed by atoms with E-state index in [1.165, 1.54) is 12.1 Å². The van der Waals surface area contributed by atoms with Crippen LogP contribution >= 0.6 is 12.2 Å². The zero-order valence-electron chi connectivity index (χ0n) is 19.9. The van der Waals surface area contributed by atoms with Crippen LogP contribution in [0.3, 0.4) is 0 Å². The minimum atomic E-state index is 0.170. The van der Waals surface area contributed by atoms with Crippen LogP contribution in [-0.2, 0) is 0 Å². The van der Waals surface area contributed by atoms with E-state index >= 15 is 0 Å². The number of nitrogens with two attached hydrogens (primary N) is 1. The van der Waals surface area contributed by atoms with Gasteiger partial charge < -0.3 is 25.8 Å². The third-order valence-electron chi connectivity index (χ3n) is 6.05. The standard InChI is InChI=1S/C15H19N5S.C10H15N3/c1-12(14(10-16)15(17)21)19-6-3-7-20(9-8-19)13-4-2-5-18-11-13;1-3-10(9-12-4-1)13-7-2-5-11-6-8-13/h2,4-5,11H,3,6-9H2,1H3,(H2,17,21);1,3-4,9,11H,2,5-8H2/b14-12-;. The Labute approximate surface area is 208 Å². The number of nitrogens with zero attached hydrogens (tertiary/aromatic N) is 6. The Morgan fingerprint density at radius 2 is 1.59 bits per heavy atom. The van der Waals surface area contributed by atoms with E-state index in [0.29, 0.717) is 5.57 Å². The molecule has 2 fully saturated rings. The van der Waals surface area contributed by atoms with Gasteiger partial charge >= 0.3 is 0 Å². The summed E-state index contributed by atoms with van der Waals surface area (Å²) < 4.78 is 0. The van der Waals surface area contributed by atoms with Crippen LogP contribution in [0, 0.1) is 11.3 Å². The highest BCUT2D eigenvalue weighted by Crippen LogP contribution is 2.18. The van der Waals surface area contributed by atoms with E-state index in [9.17, 15) is 5.26 Å². The molecule has 0 aromatic carbocycles. The van der Waals surface area contributed by atoms with Crippen molar-refractivity contribution in [3.63, 3.8) is 0 Å². The van der Waals surface area contributed by atoms with Crippen LogP contribution in [0.5, 0.6) is 0 Å². The summed E-state index contributed by atoms with van der Waals surface area (Å²) in [4.78, 5) is 15.3. The number of rotatable bonds is 4. The summed E-state index contributed by atoms with van der Waals surface area (Å²) in [6.07, 6.45) is 9.65. The second-order valence-corrected chi connectivity index (χ2v) is 8.72. The van der Waals surface area contributed by atoms with Crippen molar-refractivity contribution in [1.29, 1.82) is 5.26 Å². The highest BCUT2D eigenvalue weighted by molar-refractivity contribution is 7.80. The second kappa shape index (κ2) is 13.5. The summed E-state index contributed by atoms with van der Waals surface area (Å²) in [6.45, 7) is 9.96. The van der Waals surface area contributed by atoms with Crippen LogP contribution in [0.25, 0.3) is 0 Å². The summed E-state index contributed by atoms with van der Waals surface area (Å²) in [5.74, 6) is 0. The summed E-state index contributed by atoms with van der Waals surface area (Å²) in [7, 11) is 0. The zero-order valence-corrected chi connectivity index (χ0v) is 20.7. The van der Waals surface area contributed by atoms with Crippen LogP contribution in [0.1, 0.15) is 19.8 Å². The lowest BCUT2D eigenvalue weighted by atomic mass is 10.2. The van der Waals surface area contributed by atoms with Gasteiger partial charge in [-0.1, -0.05) is 12.2 Å². The first-order chi connectivity index (χ1) is 16.6. The predicted molar refractivity (Wildman–Crippen MR) is 142 cm³/mol. The van der Waals surface area contributed by atoms with E-state index < -0.39 is 0 Å². The first-order valence-corrected chi connectivity index (χ1v) is 12.2. The molecule has 0 unspecified atom stereocenters. The number of nitrogens with one attached hydrogen (secondary N) is 1. The molecule has 180 valence electrons. The molecule has 4 rings (SSSR count). The summed E-state index contributed by atoms with van der Waals surface area (Å²) in [5.41, 5.74) is 9.28. The number of allylic oxidation sites excluding steroid dienone is 1. The average molecular weight is 479 g/mol. The molecule has 3 N–H and O–H groups in total. The van der Waals surface area contributed by atoms with Crippen molar-refractivity contribution in [3.05, 3.63) is 60.3 Å². The van der Waals surface area contributed by atoms with Crippen LogP contribution < -0.4 is 20.9 Å². The maximum Gasteiger partial charge on any atom is 0.116 e. The van der Waals surface area contributed by atoms with E-state index in [0.717, 1.165) is 70.2 Å². The van der Waals surface area contributed by atoms with Gasteiger partial charge in [-0.05, 0) is 50.6 Å². The van der Waals surface area contributed by atoms with Crippen molar-refractivity contribution in [3.8, 4) is 6.07 Å². The molecular formula is C25H34N8S. The minimum absolute atomic E-state index is 0.170. The molecule has 9 heteroatoms. The third kappa shape index (κ3) is 7.40. The van der Waals surface area contributed by atoms with E-state index in [-0.39, 0.29) is 4.99 Å². The van der Waals surface area contributed by atoms with Crippen molar-refractivity contribution in [1.82, 2.24) is 20.2 Å². The maximum absolute atomic E-state index is 9.18. The number of anilines is 2. The van der Waals surface area contributed by atoms with Gasteiger partial charge in [-0.15, -0.1) is 0 Å². The molecule has 8 nitrogen and oxygen atoms in total. The minimum Gasteiger partial charge on any atom is -0.389 e. The molecule has 4 heterocycles. The number of hydrogen-bond acceptors (Lipinski definition) is 8. The van der Waals surface area contributed by atoms with Crippen molar-refractivity contribution in [2.45, 2.75) is 19.8 Å². The molecule has 0 aliphatic carbocycles. The predicted octanol–water partition coefficient (Wildman–Crippen LogP) is 2.56. The molecule has 2 aromatic heterocycles. The smallest absolute Gasteiger partial charge is 0.116 e. The maximum atomic E-state index is 9.18. The number of nitriles is 1. The van der Waals surface area contributed by atoms with Crippen LogP contribution in [-0.4, -0.2) is 72.2 Å². The molecule has 0 bridgehead atoms. The fourth-order valence-corrected chi connectivity index (χ4v) is 4.36. The van der Waals surface area contributed by atoms with Crippen molar-refractivity contribution >= 4 is 28.6 Å². The van der Waals surface area contributed by atoms with Gasteiger partial charge in [0.15, 0.2) is 0 Å². The molecule has 0 atom stereocenters. The average Bonchev–Trinajstić information content (AvgIpc) is 3.29. The van der Waals surface area contributed by atoms with Crippen molar-refractivity contribution in [2.75, 3.05) is 62.2 Å². The molecule has 2 aromatic rings. The van der Waals surface area contributed by atoms with Crippen molar-refractivity contribution < 1.29 is 0 Å². The Balaban J connectivity index is 0.000000212. The van der Waals surface area contributed by atoms with E-state index in [1.807, 2.05) is 37.6 Å². The van der Waals surface area contributed by atoms with Crippen LogP contribution in [0.2, 0.25) is 0 Å². The van der Waals surface area contributed by atoms with Gasteiger partial charge in [0.1, 0.15) is 16.6 Å². The molecule has 2 saturated heterocycles. The van der Waals surface area contributed by atoms with Crippen molar-refractivity contribution in [2.24, 2.45) is 5.73 Å². The molecule has 34 heavy (non-hydrogen) atoms. The molecule has 0 spiro atoms. The quantitative estimate of drug-likeness (QED) is 0.390. The molecule has 2 aliphatic heterocycles. The fourth-order valence-electron chi connectivity index (χ4n) is 4.17. The number of hydrogen-bond donors (Lipinski definition) is 2. The van der Waals surface area contributed by atoms with Gasteiger partial charge in [0.2, 0.25) is 0 Å². The number of pyridine rings is 2. The SMILES string of the molecule is C/C(=C(\C#N)C(N)=S)N1CCCN(c2cccnc2)CC1.c1cncc(N2CCCNCC2)c1. The zero-order chi connectivity index (χ0) is 24.2. The topological polar surface area (TPSA) is 97.3 Å². The highest BCUT2D eigenvalue weighted by Gasteiger charge is 2.18. The monoisotopic (exact) mass is 478 g/mol. The lowest BCUT2D eigenvalue weighted by molar-refractivity contribution is 0.369. The van der Waals surface area contributed by atoms with Gasteiger partial charge in [-0.25, -0.2) is 0 Å². The third-order valence-corrected chi connectivity index (χ3v) is 6.26. The summed E-state index contributed by atoms with van der Waals surface area (Å²) >= 11 is 4.95. The van der Waals surface area contributed by atoms with E-state index in [4.69, 9.17) is 18.0 Å². The lowest BCUT2D eigenvalue weighted by Gasteiger charge is -2.25. The van der Waals surface area contributed by atoms with Gasteiger partial charge in [0.05, 0.1) is 23.8 Å². The normalized spacial score (nSPS) is 17.4. The Morgan fingerprint density at radius 1 is 0.941 bits per heavy atom. The van der Waals surface area contributed by atoms with Gasteiger partial charge in [-0.2, -0.15) is 5.26 Å². The first kappa shape index (κ1) is 25.4. The lowest BCUT2D eigenvalue weighted by Crippen LogP contribution is -2.31. The molecule has 0 radical (unpaired) electrons. The Bertz CT molecular complexity index is 965. The summed E-state index contributed by atoms with van der Waals surface area (Å²) in [6, 6.07) is 10.2. The summed E-state index contributed by atoms with van der Waals surface area (Å²) in [5, 5.41) is 12.6. The number of aromatic nitrogens is 2. The molecule has 2 aliphatic rings. The second-order valence-electron chi connectivity index (χ2n) is 8.28. The van der Waals surface area contributed by atoms with Gasteiger partial charge in [0, 0.05) is 63.9 Å². The van der Waals surface area contributed by atoms with Crippen LogP contribution in [0.4, 0.5) is 11.4 Å². The molecule has 0 saturated carbocycles. The molecule has 0 amide bonds. The largest absolute Gasteiger partial charge is 0.389 e.